The molecule has 0 aromatic heterocycles. The van der Waals surface area contributed by atoms with Crippen LogP contribution in [0.15, 0.2) is 72.8 Å². The average Bonchev–Trinajstić information content (AvgIpc) is 3.30. The highest BCUT2D eigenvalue weighted by Crippen LogP contribution is 2.44. The van der Waals surface area contributed by atoms with E-state index in [1.165, 1.54) is 0 Å². The average molecular weight is 597 g/mol. The molecule has 1 aliphatic rings. The van der Waals surface area contributed by atoms with Crippen molar-refractivity contribution in [1.29, 1.82) is 0 Å². The van der Waals surface area contributed by atoms with Gasteiger partial charge in [0.25, 0.3) is 0 Å². The van der Waals surface area contributed by atoms with E-state index in [1.807, 2.05) is 94.6 Å². The van der Waals surface area contributed by atoms with Crippen LogP contribution < -0.4 is 16.0 Å². The summed E-state index contributed by atoms with van der Waals surface area (Å²) in [6.45, 7) is 11.1. The molecule has 0 bridgehead atoms. The van der Waals surface area contributed by atoms with Gasteiger partial charge in [-0.1, -0.05) is 107 Å². The van der Waals surface area contributed by atoms with Crippen LogP contribution in [-0.4, -0.2) is 48.9 Å². The Morgan fingerprint density at radius 2 is 1.39 bits per heavy atom. The van der Waals surface area contributed by atoms with E-state index >= 15 is 0 Å². The van der Waals surface area contributed by atoms with Gasteiger partial charge in [-0.2, -0.15) is 0 Å². The summed E-state index contributed by atoms with van der Waals surface area (Å²) in [5.41, 5.74) is 5.69. The molecule has 3 aromatic rings. The van der Waals surface area contributed by atoms with Crippen molar-refractivity contribution in [2.24, 2.45) is 11.3 Å². The lowest BCUT2D eigenvalue weighted by Gasteiger charge is -2.29. The van der Waals surface area contributed by atoms with Gasteiger partial charge in [0.05, 0.1) is 0 Å². The van der Waals surface area contributed by atoms with Gasteiger partial charge in [-0.15, -0.1) is 0 Å². The summed E-state index contributed by atoms with van der Waals surface area (Å²) in [7, 11) is 0. The summed E-state index contributed by atoms with van der Waals surface area (Å²) in [4.78, 5) is 51.8. The zero-order valence-electron chi connectivity index (χ0n) is 26.3. The molecule has 3 atom stereocenters. The lowest BCUT2D eigenvalue weighted by Crippen LogP contribution is -2.58. The minimum atomic E-state index is -0.993. The molecular formula is C36H42N3O5. The third kappa shape index (κ3) is 7.54. The van der Waals surface area contributed by atoms with Gasteiger partial charge < -0.3 is 20.7 Å². The topological polar surface area (TPSA) is 114 Å². The molecule has 231 valence electrons. The summed E-state index contributed by atoms with van der Waals surface area (Å²) >= 11 is 0. The molecule has 44 heavy (non-hydrogen) atoms. The maximum atomic E-state index is 13.6. The number of ether oxygens (including phenoxy) is 1. The monoisotopic (exact) mass is 596 g/mol. The first-order valence-corrected chi connectivity index (χ1v) is 15.0. The van der Waals surface area contributed by atoms with Crippen molar-refractivity contribution < 1.29 is 23.9 Å². The van der Waals surface area contributed by atoms with Crippen molar-refractivity contribution in [1.82, 2.24) is 16.0 Å². The Morgan fingerprint density at radius 3 is 1.93 bits per heavy atom. The van der Waals surface area contributed by atoms with E-state index in [1.54, 1.807) is 13.8 Å². The number of hydrogen-bond acceptors (Lipinski definition) is 5. The van der Waals surface area contributed by atoms with Gasteiger partial charge >= 0.3 is 6.09 Å². The number of carbonyl (C=O) groups excluding carboxylic acids is 4. The minimum absolute atomic E-state index is 0.112. The van der Waals surface area contributed by atoms with Crippen LogP contribution in [0.4, 0.5) is 4.79 Å². The van der Waals surface area contributed by atoms with Gasteiger partial charge in [-0.05, 0) is 51.6 Å². The van der Waals surface area contributed by atoms with E-state index < -0.39 is 41.4 Å². The Balaban J connectivity index is 1.47. The molecule has 0 spiro atoms. The molecule has 0 heterocycles. The summed E-state index contributed by atoms with van der Waals surface area (Å²) < 4.78 is 5.69. The molecule has 3 aromatic carbocycles. The highest BCUT2D eigenvalue weighted by atomic mass is 16.5. The highest BCUT2D eigenvalue weighted by Gasteiger charge is 2.34. The number of amides is 3. The van der Waals surface area contributed by atoms with Crippen LogP contribution in [0.25, 0.3) is 11.1 Å². The molecule has 1 aliphatic carbocycles. The Labute approximate surface area is 260 Å². The molecule has 0 aliphatic heterocycles. The smallest absolute Gasteiger partial charge is 0.407 e. The number of rotatable bonds is 11. The summed E-state index contributed by atoms with van der Waals surface area (Å²) in [6, 6.07) is 20.9. The third-order valence-corrected chi connectivity index (χ3v) is 8.15. The van der Waals surface area contributed by atoms with Crippen LogP contribution in [0.1, 0.15) is 62.8 Å². The Bertz CT molecular complexity index is 1460. The van der Waals surface area contributed by atoms with Crippen molar-refractivity contribution in [3.8, 4) is 11.1 Å². The van der Waals surface area contributed by atoms with E-state index in [9.17, 15) is 19.2 Å². The predicted molar refractivity (Wildman–Crippen MR) is 171 cm³/mol. The number of fused-ring (bicyclic) bond motifs is 3. The maximum absolute atomic E-state index is 13.6. The van der Waals surface area contributed by atoms with Crippen LogP contribution in [0, 0.1) is 18.3 Å². The van der Waals surface area contributed by atoms with E-state index in [2.05, 4.69) is 28.1 Å². The molecule has 8 nitrogen and oxygen atoms in total. The quantitative estimate of drug-likeness (QED) is 0.281. The lowest BCUT2D eigenvalue weighted by atomic mass is 9.87. The van der Waals surface area contributed by atoms with Crippen LogP contribution in [-0.2, 0) is 25.5 Å². The number of alkyl carbamates (subject to hydrolysis) is 1. The Morgan fingerprint density at radius 1 is 0.818 bits per heavy atom. The molecule has 0 saturated carbocycles. The molecular weight excluding hydrogens is 554 g/mol. The zero-order chi connectivity index (χ0) is 32.0. The summed E-state index contributed by atoms with van der Waals surface area (Å²) in [5, 5.41) is 8.29. The van der Waals surface area contributed by atoms with Gasteiger partial charge in [-0.3, -0.25) is 14.4 Å². The second-order valence-corrected chi connectivity index (χ2v) is 12.8. The maximum Gasteiger partial charge on any atom is 0.407 e. The molecule has 0 saturated heterocycles. The second kappa shape index (κ2) is 13.9. The molecule has 3 N–H and O–H groups in total. The van der Waals surface area contributed by atoms with Gasteiger partial charge in [-0.25, -0.2) is 4.79 Å². The number of hydrogen-bond donors (Lipinski definition) is 3. The number of aryl methyl sites for hydroxylation is 1. The fourth-order valence-corrected chi connectivity index (χ4v) is 5.50. The molecule has 8 heteroatoms. The van der Waals surface area contributed by atoms with Gasteiger partial charge in [0.2, 0.25) is 18.1 Å². The zero-order valence-corrected chi connectivity index (χ0v) is 26.3. The standard InChI is InChI=1S/C36H42N3O5/c1-22(2)32(39-35(43)44-21-29-27-17-11-9-15-25(27)26-16-10-12-18-28(26)29)34(42)37-30(19-24-14-8-7-13-23(24)3)33(41)38-31(20-40)36(4,5)6/h7-18,22,29-32H,19,21H2,1-6H3,(H,37,42)(H,38,41)(H,39,43)/t30-,31+,32+/m0/s1. The van der Waals surface area contributed by atoms with Gasteiger partial charge in [0.15, 0.2) is 0 Å². The lowest BCUT2D eigenvalue weighted by molar-refractivity contribution is -0.131. The number of carbonyl (C=O) groups is 3. The normalized spacial score (nSPS) is 14.5. The minimum Gasteiger partial charge on any atom is -0.449 e. The van der Waals surface area contributed by atoms with Crippen LogP contribution in [0.2, 0.25) is 0 Å². The third-order valence-electron chi connectivity index (χ3n) is 8.15. The largest absolute Gasteiger partial charge is 0.449 e. The first kappa shape index (κ1) is 32.5. The molecule has 3 amide bonds. The Hall–Kier alpha value is -4.46. The van der Waals surface area contributed by atoms with Crippen molar-refractivity contribution in [3.63, 3.8) is 0 Å². The molecule has 1 radical (unpaired) electrons. The van der Waals surface area contributed by atoms with E-state index in [-0.39, 0.29) is 24.9 Å². The summed E-state index contributed by atoms with van der Waals surface area (Å²) in [6.07, 6.45) is 1.39. The van der Waals surface area contributed by atoms with E-state index in [4.69, 9.17) is 4.74 Å². The van der Waals surface area contributed by atoms with Gasteiger partial charge in [0.1, 0.15) is 24.7 Å². The first-order valence-electron chi connectivity index (χ1n) is 15.0. The van der Waals surface area contributed by atoms with Crippen molar-refractivity contribution in [2.45, 2.75) is 72.0 Å². The van der Waals surface area contributed by atoms with E-state index in [0.29, 0.717) is 0 Å². The van der Waals surface area contributed by atoms with Gasteiger partial charge in [0, 0.05) is 12.3 Å². The number of nitrogens with one attached hydrogen (secondary N) is 3. The Kier molecular flexibility index (Phi) is 10.2. The fraction of sp³-hybridized carbons (Fsp3) is 0.389. The van der Waals surface area contributed by atoms with Crippen LogP contribution in [0.3, 0.4) is 0 Å². The predicted octanol–water partition coefficient (Wildman–Crippen LogP) is 5.23. The molecule has 4 rings (SSSR count). The van der Waals surface area contributed by atoms with Crippen molar-refractivity contribution >= 4 is 24.2 Å². The summed E-state index contributed by atoms with van der Waals surface area (Å²) in [5.74, 6) is -1.45. The second-order valence-electron chi connectivity index (χ2n) is 12.8. The van der Waals surface area contributed by atoms with Crippen LogP contribution in [0.5, 0.6) is 0 Å². The van der Waals surface area contributed by atoms with E-state index in [0.717, 1.165) is 33.4 Å². The highest BCUT2D eigenvalue weighted by molar-refractivity contribution is 5.92. The molecule has 0 unspecified atom stereocenters. The fourth-order valence-electron chi connectivity index (χ4n) is 5.50. The number of benzene rings is 3. The van der Waals surface area contributed by atoms with Crippen LogP contribution >= 0.6 is 0 Å². The van der Waals surface area contributed by atoms with Crippen molar-refractivity contribution in [2.75, 3.05) is 6.61 Å². The SMILES string of the molecule is Cc1ccccc1C[C@H](NC(=O)[C@H](NC(=O)OCC1c2ccccc2-c2ccccc21)C(C)C)C(=O)N[C@H]([C]=O)C(C)(C)C. The first-order chi connectivity index (χ1) is 20.9. The molecule has 0 fully saturated rings. The van der Waals surface area contributed by atoms with Crippen molar-refractivity contribution in [3.05, 3.63) is 95.1 Å².